The smallest absolute Gasteiger partial charge is 0.244 e. The molecule has 0 heterocycles. The number of hydrogen-bond acceptors (Lipinski definition) is 3. The predicted octanol–water partition coefficient (Wildman–Crippen LogP) is 12.4. The minimum atomic E-state index is -1.91. The van der Waals surface area contributed by atoms with E-state index < -0.39 is 16.6 Å². The first kappa shape index (κ1) is 46.2. The standard InChI is InChI=1S/C43H71NO3Si2/c1-12-21-23-24-25-26-34-40(35-29-27-32-38(10)31-22-13-2)44-43(45)36-30-28-33-39(11)37-42(47-49(18-7,19-8)20-9)41(14-3)46-48(15-4,16-5)17-6/h13-14,22-33,36-37,40-42H,2-3,12,15-21,34-35H2,1,4-11H3,(H,44,45)/b24-23+,26-25+,29-27+,31-22+,33-28+,36-30+,38-32+,39-37+/t40-,41-,42+/m1/s1. The molecule has 0 aliphatic carbocycles. The van der Waals surface area contributed by atoms with Crippen LogP contribution in [0.5, 0.6) is 0 Å². The molecule has 0 unspecified atom stereocenters. The van der Waals surface area contributed by atoms with Crippen LogP contribution < -0.4 is 5.32 Å². The van der Waals surface area contributed by atoms with E-state index in [4.69, 9.17) is 8.85 Å². The fourth-order valence-electron chi connectivity index (χ4n) is 5.55. The lowest BCUT2D eigenvalue weighted by atomic mass is 10.1. The lowest BCUT2D eigenvalue weighted by molar-refractivity contribution is -0.117. The molecular weight excluding hydrogens is 635 g/mol. The molecule has 0 aromatic rings. The summed E-state index contributed by atoms with van der Waals surface area (Å²) in [6, 6.07) is 6.46. The van der Waals surface area contributed by atoms with Crippen LogP contribution in [0.15, 0.2) is 122 Å². The first-order valence-corrected chi connectivity index (χ1v) is 23.9. The van der Waals surface area contributed by atoms with E-state index in [0.29, 0.717) is 0 Å². The van der Waals surface area contributed by atoms with Crippen LogP contribution in [0.3, 0.4) is 0 Å². The number of rotatable bonds is 27. The van der Waals surface area contributed by atoms with Crippen molar-refractivity contribution in [3.05, 3.63) is 122 Å². The molecule has 0 aliphatic heterocycles. The Balaban J connectivity index is 5.92. The molecule has 0 radical (unpaired) electrons. The molecule has 0 rings (SSSR count). The van der Waals surface area contributed by atoms with Gasteiger partial charge in [0.15, 0.2) is 16.6 Å². The molecule has 0 aliphatic rings. The third kappa shape index (κ3) is 19.9. The summed E-state index contributed by atoms with van der Waals surface area (Å²) in [7, 11) is -3.79. The highest BCUT2D eigenvalue weighted by Crippen LogP contribution is 2.30. The Labute approximate surface area is 304 Å². The fourth-order valence-corrected chi connectivity index (χ4v) is 11.1. The first-order chi connectivity index (χ1) is 23.6. The topological polar surface area (TPSA) is 47.6 Å². The lowest BCUT2D eigenvalue weighted by Crippen LogP contribution is -2.48. The minimum absolute atomic E-state index is 0.00818. The molecule has 3 atom stereocenters. The van der Waals surface area contributed by atoms with E-state index in [0.717, 1.165) is 73.1 Å². The summed E-state index contributed by atoms with van der Waals surface area (Å²) in [5, 5.41) is 3.18. The third-order valence-electron chi connectivity index (χ3n) is 9.36. The van der Waals surface area contributed by atoms with Crippen LogP contribution in [-0.2, 0) is 13.6 Å². The molecule has 1 amide bonds. The van der Waals surface area contributed by atoms with Crippen LogP contribution >= 0.6 is 0 Å². The maximum Gasteiger partial charge on any atom is 0.244 e. The van der Waals surface area contributed by atoms with Crippen LogP contribution in [0.25, 0.3) is 0 Å². The monoisotopic (exact) mass is 705 g/mol. The highest BCUT2D eigenvalue weighted by molar-refractivity contribution is 6.74. The van der Waals surface area contributed by atoms with Gasteiger partial charge in [-0.25, -0.2) is 0 Å². The zero-order valence-corrected chi connectivity index (χ0v) is 34.7. The van der Waals surface area contributed by atoms with Crippen LogP contribution in [0.1, 0.15) is 88.0 Å². The molecule has 0 aromatic carbocycles. The quantitative estimate of drug-likeness (QED) is 0.0400. The summed E-state index contributed by atoms with van der Waals surface area (Å²) in [5.41, 5.74) is 2.21. The number of unbranched alkanes of at least 4 members (excludes halogenated alkanes) is 1. The summed E-state index contributed by atoms with van der Waals surface area (Å²) in [5.74, 6) is -0.105. The van der Waals surface area contributed by atoms with E-state index in [-0.39, 0.29) is 24.2 Å². The van der Waals surface area contributed by atoms with Crippen molar-refractivity contribution in [2.45, 2.75) is 143 Å². The lowest BCUT2D eigenvalue weighted by Gasteiger charge is -2.39. The summed E-state index contributed by atoms with van der Waals surface area (Å²) in [4.78, 5) is 12.9. The molecule has 4 nitrogen and oxygen atoms in total. The summed E-state index contributed by atoms with van der Waals surface area (Å²) in [6.45, 7) is 27.8. The van der Waals surface area contributed by atoms with Crippen molar-refractivity contribution in [3.63, 3.8) is 0 Å². The number of hydrogen-bond donors (Lipinski definition) is 1. The van der Waals surface area contributed by atoms with Crippen molar-refractivity contribution in [1.82, 2.24) is 5.32 Å². The van der Waals surface area contributed by atoms with E-state index in [1.54, 1.807) is 12.2 Å². The zero-order chi connectivity index (χ0) is 37.0. The SMILES string of the molecule is C=C/C=C/C(C)=C/C=C/C[C@@H](C/C=C/C=C/CCC)NC(=O)/C=C/C=C/C(C)=C/[C@H](O[Si](CC)(CC)CC)[C@@H](C=C)O[Si](CC)(CC)CC. The van der Waals surface area contributed by atoms with Crippen molar-refractivity contribution in [1.29, 1.82) is 0 Å². The third-order valence-corrected chi connectivity index (χ3v) is 18.6. The van der Waals surface area contributed by atoms with Gasteiger partial charge in [0.2, 0.25) is 5.91 Å². The van der Waals surface area contributed by atoms with Crippen LogP contribution in [0.4, 0.5) is 0 Å². The predicted molar refractivity (Wildman–Crippen MR) is 223 cm³/mol. The molecule has 1 N–H and O–H groups in total. The molecule has 0 fully saturated rings. The summed E-state index contributed by atoms with van der Waals surface area (Å²) < 4.78 is 14.0. The molecule has 49 heavy (non-hydrogen) atoms. The van der Waals surface area contributed by atoms with Gasteiger partial charge in [-0.3, -0.25) is 4.79 Å². The van der Waals surface area contributed by atoms with Crippen molar-refractivity contribution in [2.24, 2.45) is 0 Å². The van der Waals surface area contributed by atoms with Crippen molar-refractivity contribution >= 4 is 22.5 Å². The van der Waals surface area contributed by atoms with Gasteiger partial charge in [0.1, 0.15) is 0 Å². The fraction of sp³-hybridized carbons (Fsp3) is 0.512. The Kier molecular flexibility index (Phi) is 26.4. The number of amides is 1. The van der Waals surface area contributed by atoms with Gasteiger partial charge in [0, 0.05) is 12.1 Å². The zero-order valence-electron chi connectivity index (χ0n) is 32.7. The van der Waals surface area contributed by atoms with Gasteiger partial charge in [-0.15, -0.1) is 6.58 Å². The Hall–Kier alpha value is -2.78. The maximum absolute atomic E-state index is 12.9. The normalized spacial score (nSPS) is 15.8. The van der Waals surface area contributed by atoms with Gasteiger partial charge in [0.05, 0.1) is 12.2 Å². The molecule has 0 bridgehead atoms. The second-order valence-corrected chi connectivity index (χ2v) is 22.2. The van der Waals surface area contributed by atoms with E-state index in [1.807, 2.05) is 42.5 Å². The van der Waals surface area contributed by atoms with Gasteiger partial charge < -0.3 is 14.2 Å². The highest BCUT2D eigenvalue weighted by Gasteiger charge is 2.38. The molecule has 0 spiro atoms. The second-order valence-electron chi connectivity index (χ2n) is 12.8. The van der Waals surface area contributed by atoms with Gasteiger partial charge >= 0.3 is 0 Å². The van der Waals surface area contributed by atoms with Crippen molar-refractivity contribution in [2.75, 3.05) is 0 Å². The Morgan fingerprint density at radius 1 is 0.653 bits per heavy atom. The number of allylic oxidation sites excluding steroid dienone is 13. The Bertz CT molecular complexity index is 1160. The molecule has 0 saturated heterocycles. The summed E-state index contributed by atoms with van der Waals surface area (Å²) >= 11 is 0. The Morgan fingerprint density at radius 2 is 1.16 bits per heavy atom. The van der Waals surface area contributed by atoms with Crippen LogP contribution in [0, 0.1) is 0 Å². The molecule has 6 heteroatoms. The van der Waals surface area contributed by atoms with E-state index in [1.165, 1.54) is 0 Å². The minimum Gasteiger partial charge on any atom is -0.408 e. The number of nitrogens with one attached hydrogen (secondary N) is 1. The molecule has 0 aromatic heterocycles. The van der Waals surface area contributed by atoms with Crippen LogP contribution in [-0.4, -0.2) is 40.8 Å². The highest BCUT2D eigenvalue weighted by atomic mass is 28.4. The van der Waals surface area contributed by atoms with Gasteiger partial charge in [-0.2, -0.15) is 0 Å². The van der Waals surface area contributed by atoms with Gasteiger partial charge in [-0.05, 0) is 69.4 Å². The molecular formula is C43H71NO3Si2. The largest absolute Gasteiger partial charge is 0.408 e. The second kappa shape index (κ2) is 28.0. The number of carbonyl (C=O) groups excluding carboxylic acids is 1. The van der Waals surface area contributed by atoms with Crippen molar-refractivity contribution in [3.8, 4) is 0 Å². The van der Waals surface area contributed by atoms with E-state index in [9.17, 15) is 4.79 Å². The molecule has 274 valence electrons. The Morgan fingerprint density at radius 3 is 1.69 bits per heavy atom. The first-order valence-electron chi connectivity index (χ1n) is 18.8. The maximum atomic E-state index is 12.9. The average molecular weight is 706 g/mol. The average Bonchev–Trinajstić information content (AvgIpc) is 3.11. The van der Waals surface area contributed by atoms with E-state index >= 15 is 0 Å². The van der Waals surface area contributed by atoms with Gasteiger partial charge in [0.25, 0.3) is 0 Å². The van der Waals surface area contributed by atoms with E-state index in [2.05, 4.69) is 123 Å². The summed E-state index contributed by atoms with van der Waals surface area (Å²) in [6.07, 6.45) is 35.2. The van der Waals surface area contributed by atoms with Crippen LogP contribution in [0.2, 0.25) is 36.3 Å². The van der Waals surface area contributed by atoms with Gasteiger partial charge in [-0.1, -0.05) is 164 Å². The van der Waals surface area contributed by atoms with Crippen molar-refractivity contribution < 1.29 is 13.6 Å². The number of carbonyl (C=O) groups is 1. The molecule has 0 saturated carbocycles.